The van der Waals surface area contributed by atoms with Crippen LogP contribution in [0.25, 0.3) is 0 Å². The van der Waals surface area contributed by atoms with Crippen LogP contribution in [0.1, 0.15) is 65.7 Å². The molecule has 5 fully saturated rings. The van der Waals surface area contributed by atoms with Crippen molar-refractivity contribution < 1.29 is 29.0 Å². The maximum Gasteiger partial charge on any atom is 0.306 e. The van der Waals surface area contributed by atoms with Crippen molar-refractivity contribution in [1.29, 1.82) is 0 Å². The van der Waals surface area contributed by atoms with Crippen LogP contribution < -0.4 is 0 Å². The van der Waals surface area contributed by atoms with E-state index in [1.165, 1.54) is 6.92 Å². The van der Waals surface area contributed by atoms with E-state index in [4.69, 9.17) is 17.3 Å². The van der Waals surface area contributed by atoms with E-state index in [2.05, 4.69) is 13.8 Å². The minimum absolute atomic E-state index is 0.0153. The molecule has 2 bridgehead atoms. The van der Waals surface area contributed by atoms with E-state index in [1.54, 1.807) is 0 Å². The Hall–Kier alpha value is -1.37. The summed E-state index contributed by atoms with van der Waals surface area (Å²) in [5.41, 5.74) is -0.106. The van der Waals surface area contributed by atoms with Crippen molar-refractivity contribution in [2.24, 2.45) is 46.3 Å². The van der Waals surface area contributed by atoms with Crippen molar-refractivity contribution in [3.05, 3.63) is 0 Å². The quantitative estimate of drug-likeness (QED) is 0.530. The zero-order valence-electron chi connectivity index (χ0n) is 19.4. The van der Waals surface area contributed by atoms with Gasteiger partial charge in [0.2, 0.25) is 0 Å². The highest BCUT2D eigenvalue weighted by atomic mass is 16.5. The predicted molar refractivity (Wildman–Crippen MR) is 117 cm³/mol. The Morgan fingerprint density at radius 3 is 2.56 bits per heavy atom. The Labute approximate surface area is 191 Å². The van der Waals surface area contributed by atoms with E-state index in [1.807, 2.05) is 0 Å². The fraction of sp³-hybridized carbons (Fsp3) is 0.880. The van der Waals surface area contributed by atoms with Gasteiger partial charge in [-0.1, -0.05) is 12.7 Å². The van der Waals surface area contributed by atoms with Crippen molar-refractivity contribution in [2.45, 2.75) is 83.7 Å². The molecule has 0 amide bonds. The number of Topliss-reactive ketones (excluding diaryl/α,β-unsaturated/α-hetero) is 1. The summed E-state index contributed by atoms with van der Waals surface area (Å²) < 4.78 is 11.6. The first-order valence-electron chi connectivity index (χ1n) is 12.4. The van der Waals surface area contributed by atoms with E-state index in [0.29, 0.717) is 24.2 Å². The van der Waals surface area contributed by atoms with Gasteiger partial charge in [0.15, 0.2) is 5.78 Å². The van der Waals surface area contributed by atoms with Gasteiger partial charge in [-0.05, 0) is 81.0 Å². The molecule has 1 saturated heterocycles. The third-order valence-electron chi connectivity index (χ3n) is 10.7. The van der Waals surface area contributed by atoms with Crippen LogP contribution in [0, 0.1) is 46.3 Å². The van der Waals surface area contributed by atoms with Gasteiger partial charge in [0.05, 0.1) is 26.0 Å². The van der Waals surface area contributed by atoms with Gasteiger partial charge < -0.3 is 14.6 Å². The van der Waals surface area contributed by atoms with E-state index in [9.17, 15) is 19.5 Å². The lowest BCUT2D eigenvalue weighted by Crippen LogP contribution is -2.59. The monoisotopic (exact) mass is 442 g/mol. The molecule has 32 heavy (non-hydrogen) atoms. The lowest BCUT2D eigenvalue weighted by Gasteiger charge is -2.61. The van der Waals surface area contributed by atoms with Crippen molar-refractivity contribution in [2.75, 3.05) is 6.61 Å². The molecule has 4 saturated carbocycles. The average Bonchev–Trinajstić information content (AvgIpc) is 3.19. The number of esters is 1. The van der Waals surface area contributed by atoms with Gasteiger partial charge in [0, 0.05) is 18.3 Å². The van der Waals surface area contributed by atoms with E-state index in [0.717, 1.165) is 38.5 Å². The number of fused-ring (bicyclic) bond motifs is 3. The largest absolute Gasteiger partial charge is 0.481 e. The highest BCUT2D eigenvalue weighted by Gasteiger charge is 2.70. The Balaban J connectivity index is 1.42. The molecule has 1 heterocycles. The minimum Gasteiger partial charge on any atom is -0.481 e. The van der Waals surface area contributed by atoms with Crippen LogP contribution in [0.2, 0.25) is 5.82 Å². The maximum atomic E-state index is 13.0. The third-order valence-corrected chi connectivity index (χ3v) is 10.7. The number of carboxylic acids is 1. The first-order valence-corrected chi connectivity index (χ1v) is 12.4. The molecule has 1 aliphatic heterocycles. The Bertz CT molecular complexity index is 829. The second-order valence-electron chi connectivity index (χ2n) is 11.5. The van der Waals surface area contributed by atoms with Gasteiger partial charge in [-0.3, -0.25) is 14.4 Å². The number of carbonyl (C=O) groups excluding carboxylic acids is 2. The van der Waals surface area contributed by atoms with Crippen molar-refractivity contribution >= 4 is 25.6 Å². The molecule has 7 heteroatoms. The molecule has 0 aromatic rings. The molecule has 6 nitrogen and oxygen atoms in total. The van der Waals surface area contributed by atoms with E-state index in [-0.39, 0.29) is 53.1 Å². The normalized spacial score (nSPS) is 51.3. The third kappa shape index (κ3) is 2.91. The van der Waals surface area contributed by atoms with Gasteiger partial charge in [-0.25, -0.2) is 0 Å². The number of ether oxygens (including phenoxy) is 2. The standard InChI is InChI=1S/C25H35BO6/c1-12-25-9-6-14(23(29)30)22(26)21(25)20(32-12)10-15-16-4-5-18(19(28)11-31-13(2)27)24(16,3)8-7-17(15)25/h12,14-18,20-22H,4-11H2,1-3H3,(H,29,30)/t12-,14+,15?,16?,17?,18-,20-,21?,22-,24+,25+/m1/s1. The number of aliphatic carboxylic acids is 1. The number of carbonyl (C=O) groups is 3. The molecule has 0 aromatic heterocycles. The highest BCUT2D eigenvalue weighted by molar-refractivity contribution is 6.13. The number of hydrogen-bond acceptors (Lipinski definition) is 5. The van der Waals surface area contributed by atoms with Crippen LogP contribution in [0.4, 0.5) is 0 Å². The van der Waals surface area contributed by atoms with Crippen LogP contribution in [0.3, 0.4) is 0 Å². The number of rotatable bonds is 4. The van der Waals surface area contributed by atoms with Gasteiger partial charge in [-0.15, -0.1) is 0 Å². The Morgan fingerprint density at radius 1 is 1.12 bits per heavy atom. The average molecular weight is 442 g/mol. The second kappa shape index (κ2) is 7.58. The summed E-state index contributed by atoms with van der Waals surface area (Å²) in [6, 6.07) is 0. The molecule has 1 N–H and O–H groups in total. The van der Waals surface area contributed by atoms with E-state index >= 15 is 0 Å². The summed E-state index contributed by atoms with van der Waals surface area (Å²) in [5.74, 6) is -0.482. The lowest BCUT2D eigenvalue weighted by molar-refractivity contribution is -0.154. The van der Waals surface area contributed by atoms with Crippen LogP contribution >= 0.6 is 0 Å². The fourth-order valence-electron chi connectivity index (χ4n) is 9.49. The Morgan fingerprint density at radius 2 is 1.88 bits per heavy atom. The molecule has 5 aliphatic rings. The summed E-state index contributed by atoms with van der Waals surface area (Å²) in [5, 5.41) is 9.72. The summed E-state index contributed by atoms with van der Waals surface area (Å²) >= 11 is 0. The first kappa shape index (κ1) is 22.4. The minimum atomic E-state index is -0.775. The van der Waals surface area contributed by atoms with Crippen molar-refractivity contribution in [1.82, 2.24) is 0 Å². The molecule has 174 valence electrons. The molecule has 11 atom stereocenters. The smallest absolute Gasteiger partial charge is 0.306 e. The first-order chi connectivity index (χ1) is 15.1. The van der Waals surface area contributed by atoms with E-state index < -0.39 is 17.9 Å². The molecule has 2 radical (unpaired) electrons. The molecule has 5 rings (SSSR count). The van der Waals surface area contributed by atoms with Crippen LogP contribution in [-0.2, 0) is 23.9 Å². The molecular weight excluding hydrogens is 407 g/mol. The van der Waals surface area contributed by atoms with Gasteiger partial charge in [0.1, 0.15) is 6.61 Å². The second-order valence-corrected chi connectivity index (χ2v) is 11.5. The molecule has 0 aromatic carbocycles. The van der Waals surface area contributed by atoms with Crippen LogP contribution in [0.15, 0.2) is 0 Å². The molecule has 4 unspecified atom stereocenters. The molecule has 0 spiro atoms. The number of hydrogen-bond donors (Lipinski definition) is 1. The summed E-state index contributed by atoms with van der Waals surface area (Å²) in [4.78, 5) is 36.0. The SMILES string of the molecule is [B][C@H]1C2[C@H]3CC4C(CC[C@@]5(C)C4CC[C@@H]5C(=O)COC(C)=O)[C@]2(CC[C@@H]1C(=O)O)[C@@H](C)O3. The zero-order valence-corrected chi connectivity index (χ0v) is 19.4. The van der Waals surface area contributed by atoms with Crippen molar-refractivity contribution in [3.63, 3.8) is 0 Å². The topological polar surface area (TPSA) is 89.9 Å². The summed E-state index contributed by atoms with van der Waals surface area (Å²) in [6.45, 7) is 5.68. The number of ketones is 1. The number of carboxylic acid groups (broad SMARTS) is 1. The lowest BCUT2D eigenvalue weighted by atomic mass is 9.39. The zero-order chi connectivity index (χ0) is 23.0. The predicted octanol–water partition coefficient (Wildman–Crippen LogP) is 3.42. The fourth-order valence-corrected chi connectivity index (χ4v) is 9.49. The molecule has 4 aliphatic carbocycles. The molecular formula is C25H35BO6. The van der Waals surface area contributed by atoms with Gasteiger partial charge >= 0.3 is 11.9 Å². The van der Waals surface area contributed by atoms with Crippen molar-refractivity contribution in [3.8, 4) is 0 Å². The Kier molecular flexibility index (Phi) is 5.31. The van der Waals surface area contributed by atoms with Gasteiger partial charge in [0.25, 0.3) is 0 Å². The van der Waals surface area contributed by atoms with Crippen LogP contribution in [0.5, 0.6) is 0 Å². The van der Waals surface area contributed by atoms with Crippen LogP contribution in [-0.4, -0.2) is 49.5 Å². The van der Waals surface area contributed by atoms with Gasteiger partial charge in [-0.2, -0.15) is 0 Å². The maximum absolute atomic E-state index is 13.0. The summed E-state index contributed by atoms with van der Waals surface area (Å²) in [6.07, 6.45) is 6.45. The summed E-state index contributed by atoms with van der Waals surface area (Å²) in [7, 11) is 6.64. The highest BCUT2D eigenvalue weighted by Crippen LogP contribution is 2.73.